The quantitative estimate of drug-likeness (QED) is 0.485. The van der Waals surface area contributed by atoms with E-state index < -0.39 is 0 Å². The van der Waals surface area contributed by atoms with Crippen molar-refractivity contribution in [2.75, 3.05) is 37.4 Å². The highest BCUT2D eigenvalue weighted by Crippen LogP contribution is 2.25. The van der Waals surface area contributed by atoms with Gasteiger partial charge in [0.1, 0.15) is 12.4 Å². The average Bonchev–Trinajstić information content (AvgIpc) is 3.35. The SMILES string of the molecule is CC(=O)c1cc(C(=O)Nc2ccc(N3CCC(N(C)C)C3)cc2)ccc1OCc1ncccc1C. The second-order valence-corrected chi connectivity index (χ2v) is 9.18. The van der Waals surface area contributed by atoms with E-state index in [0.29, 0.717) is 28.6 Å². The normalized spacial score (nSPS) is 15.3. The van der Waals surface area contributed by atoms with E-state index in [2.05, 4.69) is 34.2 Å². The van der Waals surface area contributed by atoms with Crippen LogP contribution in [0.15, 0.2) is 60.8 Å². The molecular formula is C28H32N4O3. The summed E-state index contributed by atoms with van der Waals surface area (Å²) in [4.78, 5) is 34.1. The molecule has 7 nitrogen and oxygen atoms in total. The molecule has 3 aromatic rings. The second-order valence-electron chi connectivity index (χ2n) is 9.18. The Kier molecular flexibility index (Phi) is 7.46. The Labute approximate surface area is 206 Å². The highest BCUT2D eigenvalue weighted by Gasteiger charge is 2.24. The lowest BCUT2D eigenvalue weighted by Gasteiger charge is -2.22. The fourth-order valence-electron chi connectivity index (χ4n) is 4.24. The molecule has 1 atom stereocenters. The summed E-state index contributed by atoms with van der Waals surface area (Å²) in [5.74, 6) is -0.00954. The number of nitrogens with one attached hydrogen (secondary N) is 1. The van der Waals surface area contributed by atoms with Crippen molar-refractivity contribution in [3.63, 3.8) is 0 Å². The van der Waals surface area contributed by atoms with E-state index in [4.69, 9.17) is 4.74 Å². The van der Waals surface area contributed by atoms with Gasteiger partial charge in [-0.1, -0.05) is 6.07 Å². The third kappa shape index (κ3) is 5.87. The molecule has 1 aliphatic rings. The van der Waals surface area contributed by atoms with Crippen molar-refractivity contribution in [3.8, 4) is 5.75 Å². The molecule has 1 amide bonds. The van der Waals surface area contributed by atoms with Crippen LogP contribution >= 0.6 is 0 Å². The van der Waals surface area contributed by atoms with Crippen LogP contribution in [0, 0.1) is 6.92 Å². The molecule has 1 aromatic heterocycles. The third-order valence-electron chi connectivity index (χ3n) is 6.49. The molecule has 1 fully saturated rings. The van der Waals surface area contributed by atoms with E-state index in [1.165, 1.54) is 6.92 Å². The monoisotopic (exact) mass is 472 g/mol. The third-order valence-corrected chi connectivity index (χ3v) is 6.49. The minimum atomic E-state index is -0.277. The lowest BCUT2D eigenvalue weighted by molar-refractivity contribution is 0.101. The molecule has 2 heterocycles. The molecule has 0 spiro atoms. The number of benzene rings is 2. The maximum absolute atomic E-state index is 12.9. The molecule has 0 bridgehead atoms. The lowest BCUT2D eigenvalue weighted by Crippen LogP contribution is -2.31. The fraction of sp³-hybridized carbons (Fsp3) is 0.321. The molecule has 1 saturated heterocycles. The van der Waals surface area contributed by atoms with Gasteiger partial charge in [0.2, 0.25) is 0 Å². The zero-order valence-electron chi connectivity index (χ0n) is 20.7. The molecule has 7 heteroatoms. The second kappa shape index (κ2) is 10.7. The number of nitrogens with zero attached hydrogens (tertiary/aromatic N) is 3. The zero-order chi connectivity index (χ0) is 24.9. The number of aromatic nitrogens is 1. The van der Waals surface area contributed by atoms with Crippen LogP contribution in [0.2, 0.25) is 0 Å². The Bertz CT molecular complexity index is 1210. The van der Waals surface area contributed by atoms with Crippen molar-refractivity contribution in [1.29, 1.82) is 0 Å². The number of carbonyl (C=O) groups is 2. The minimum Gasteiger partial charge on any atom is -0.487 e. The standard InChI is InChI=1S/C28H32N4O3/c1-19-6-5-14-29-26(19)18-35-27-12-7-21(16-25(27)20(2)33)28(34)30-22-8-10-23(11-9-22)32-15-13-24(17-32)31(3)4/h5-12,14,16,24H,13,15,17-18H2,1-4H3,(H,30,34). The number of aryl methyl sites for hydroxylation is 1. The summed E-state index contributed by atoms with van der Waals surface area (Å²) in [6, 6.07) is 17.2. The van der Waals surface area contributed by atoms with Crippen LogP contribution < -0.4 is 15.0 Å². The zero-order valence-corrected chi connectivity index (χ0v) is 20.7. The van der Waals surface area contributed by atoms with E-state index in [9.17, 15) is 9.59 Å². The summed E-state index contributed by atoms with van der Waals surface area (Å²) < 4.78 is 5.88. The Morgan fingerprint density at radius 2 is 1.91 bits per heavy atom. The molecule has 35 heavy (non-hydrogen) atoms. The Morgan fingerprint density at radius 3 is 2.57 bits per heavy atom. The van der Waals surface area contributed by atoms with Crippen LogP contribution in [0.1, 0.15) is 45.3 Å². The number of anilines is 2. The van der Waals surface area contributed by atoms with Gasteiger partial charge >= 0.3 is 0 Å². The number of likely N-dealkylation sites (N-methyl/N-ethyl adjacent to an activating group) is 1. The number of amides is 1. The molecule has 0 radical (unpaired) electrons. The van der Waals surface area contributed by atoms with Crippen LogP contribution in [0.25, 0.3) is 0 Å². The maximum atomic E-state index is 12.9. The first kappa shape index (κ1) is 24.4. The van der Waals surface area contributed by atoms with Gasteiger partial charge in [-0.05, 0) is 88.5 Å². The number of carbonyl (C=O) groups excluding carboxylic acids is 2. The van der Waals surface area contributed by atoms with E-state index in [-0.39, 0.29) is 18.3 Å². The maximum Gasteiger partial charge on any atom is 0.255 e. The number of hydrogen-bond donors (Lipinski definition) is 1. The molecule has 182 valence electrons. The topological polar surface area (TPSA) is 74.8 Å². The van der Waals surface area contributed by atoms with Crippen molar-refractivity contribution in [1.82, 2.24) is 9.88 Å². The highest BCUT2D eigenvalue weighted by molar-refractivity contribution is 6.07. The molecular weight excluding hydrogens is 440 g/mol. The number of Topliss-reactive ketones (excluding diaryl/α,β-unsaturated/α-hetero) is 1. The number of hydrogen-bond acceptors (Lipinski definition) is 6. The van der Waals surface area contributed by atoms with E-state index in [1.807, 2.05) is 43.3 Å². The number of ketones is 1. The van der Waals surface area contributed by atoms with E-state index >= 15 is 0 Å². The average molecular weight is 473 g/mol. The first-order chi connectivity index (χ1) is 16.8. The summed E-state index contributed by atoms with van der Waals surface area (Å²) in [5, 5.41) is 2.93. The predicted octanol–water partition coefficient (Wildman–Crippen LogP) is 4.56. The van der Waals surface area contributed by atoms with Gasteiger partial charge in [-0.25, -0.2) is 0 Å². The Morgan fingerprint density at radius 1 is 1.14 bits per heavy atom. The van der Waals surface area contributed by atoms with Gasteiger partial charge in [-0.2, -0.15) is 0 Å². The highest BCUT2D eigenvalue weighted by atomic mass is 16.5. The van der Waals surface area contributed by atoms with Crippen molar-refractivity contribution >= 4 is 23.1 Å². The number of ether oxygens (including phenoxy) is 1. The van der Waals surface area contributed by atoms with Crippen LogP contribution in [-0.2, 0) is 6.61 Å². The van der Waals surface area contributed by atoms with Gasteiger partial charge in [0.15, 0.2) is 5.78 Å². The summed E-state index contributed by atoms with van der Waals surface area (Å²) >= 11 is 0. The van der Waals surface area contributed by atoms with Gasteiger partial charge in [-0.3, -0.25) is 14.6 Å². The van der Waals surface area contributed by atoms with Crippen molar-refractivity contribution in [2.45, 2.75) is 32.9 Å². The summed E-state index contributed by atoms with van der Waals surface area (Å²) in [6.07, 6.45) is 2.86. The smallest absolute Gasteiger partial charge is 0.255 e. The first-order valence-electron chi connectivity index (χ1n) is 11.8. The van der Waals surface area contributed by atoms with Gasteiger partial charge in [0, 0.05) is 42.3 Å². The van der Waals surface area contributed by atoms with Crippen LogP contribution in [0.5, 0.6) is 5.75 Å². The fourth-order valence-corrected chi connectivity index (χ4v) is 4.24. The summed E-state index contributed by atoms with van der Waals surface area (Å²) in [5.41, 5.74) is 4.44. The van der Waals surface area contributed by atoms with Gasteiger partial charge in [-0.15, -0.1) is 0 Å². The van der Waals surface area contributed by atoms with Crippen LogP contribution in [0.4, 0.5) is 11.4 Å². The Balaban J connectivity index is 1.42. The van der Waals surface area contributed by atoms with E-state index in [0.717, 1.165) is 36.5 Å². The molecule has 0 aliphatic carbocycles. The van der Waals surface area contributed by atoms with Gasteiger partial charge in [0.05, 0.1) is 11.3 Å². The molecule has 1 N–H and O–H groups in total. The minimum absolute atomic E-state index is 0.168. The first-order valence-corrected chi connectivity index (χ1v) is 11.8. The van der Waals surface area contributed by atoms with Gasteiger partial charge < -0.3 is 19.9 Å². The van der Waals surface area contributed by atoms with Crippen LogP contribution in [0.3, 0.4) is 0 Å². The molecule has 4 rings (SSSR count). The van der Waals surface area contributed by atoms with Crippen LogP contribution in [-0.4, -0.2) is 54.8 Å². The number of rotatable bonds is 8. The molecule has 2 aromatic carbocycles. The molecule has 0 saturated carbocycles. The van der Waals surface area contributed by atoms with Crippen molar-refractivity contribution in [3.05, 3.63) is 83.2 Å². The van der Waals surface area contributed by atoms with Crippen molar-refractivity contribution in [2.24, 2.45) is 0 Å². The largest absolute Gasteiger partial charge is 0.487 e. The summed E-state index contributed by atoms with van der Waals surface area (Å²) in [6.45, 7) is 5.70. The predicted molar refractivity (Wildman–Crippen MR) is 138 cm³/mol. The number of pyridine rings is 1. The van der Waals surface area contributed by atoms with Crippen molar-refractivity contribution < 1.29 is 14.3 Å². The lowest BCUT2D eigenvalue weighted by atomic mass is 10.1. The summed E-state index contributed by atoms with van der Waals surface area (Å²) in [7, 11) is 4.23. The molecule has 1 unspecified atom stereocenters. The molecule has 1 aliphatic heterocycles. The Hall–Kier alpha value is -3.71. The van der Waals surface area contributed by atoms with E-state index in [1.54, 1.807) is 24.4 Å². The van der Waals surface area contributed by atoms with Gasteiger partial charge in [0.25, 0.3) is 5.91 Å².